The zero-order valence-corrected chi connectivity index (χ0v) is 8.54. The Morgan fingerprint density at radius 2 is 2.23 bits per heavy atom. The van der Waals surface area contributed by atoms with Gasteiger partial charge in [-0.15, -0.1) is 6.58 Å². The molecule has 0 amide bonds. The van der Waals surface area contributed by atoms with E-state index in [1.165, 1.54) is 0 Å². The zero-order chi connectivity index (χ0) is 9.68. The van der Waals surface area contributed by atoms with Crippen molar-refractivity contribution in [2.75, 3.05) is 7.11 Å². The second kappa shape index (κ2) is 4.72. The molecular weight excluding hydrogens is 180 g/mol. The lowest BCUT2D eigenvalue weighted by molar-refractivity contribution is 0.397. The fourth-order valence-corrected chi connectivity index (χ4v) is 1.26. The van der Waals surface area contributed by atoms with E-state index >= 15 is 0 Å². The molecule has 3 heteroatoms. The number of hydrogen-bond donors (Lipinski definition) is 0. The van der Waals surface area contributed by atoms with Crippen molar-refractivity contribution in [2.24, 2.45) is 0 Å². The Morgan fingerprint density at radius 1 is 1.46 bits per heavy atom. The summed E-state index contributed by atoms with van der Waals surface area (Å²) >= 11 is 0. The van der Waals surface area contributed by atoms with Gasteiger partial charge in [0.15, 0.2) is 5.75 Å². The largest absolute Gasteiger partial charge is 0.538 e. The minimum atomic E-state index is 0.673. The minimum Gasteiger partial charge on any atom is -0.538 e. The summed E-state index contributed by atoms with van der Waals surface area (Å²) in [6, 6.07) is 5.75. The monoisotopic (exact) mass is 191 g/mol. The summed E-state index contributed by atoms with van der Waals surface area (Å²) < 4.78 is 10.1. The molecule has 67 valence electrons. The predicted molar refractivity (Wildman–Crippen MR) is 53.3 cm³/mol. The van der Waals surface area contributed by atoms with Crippen LogP contribution < -0.4 is 9.16 Å². The van der Waals surface area contributed by atoms with E-state index in [0.29, 0.717) is 11.5 Å². The van der Waals surface area contributed by atoms with Crippen LogP contribution in [0.5, 0.6) is 11.5 Å². The van der Waals surface area contributed by atoms with Crippen molar-refractivity contribution in [1.82, 2.24) is 0 Å². The smallest absolute Gasteiger partial charge is 0.341 e. The molecule has 0 saturated heterocycles. The van der Waals surface area contributed by atoms with Crippen LogP contribution in [0.2, 0.25) is 0 Å². The maximum absolute atomic E-state index is 5.13. The molecule has 0 saturated carbocycles. The first-order chi connectivity index (χ1) is 6.31. The Labute approximate surface area is 81.7 Å². The first-order valence-electron chi connectivity index (χ1n) is 3.93. The molecule has 0 aromatic heterocycles. The molecule has 0 aliphatic heterocycles. The minimum absolute atomic E-state index is 0.673. The molecule has 0 heterocycles. The second-order valence-electron chi connectivity index (χ2n) is 2.58. The molecule has 1 aromatic carbocycles. The average Bonchev–Trinajstić information content (AvgIpc) is 2.18. The average molecular weight is 191 g/mol. The number of benzene rings is 1. The van der Waals surface area contributed by atoms with E-state index in [9.17, 15) is 0 Å². The summed E-state index contributed by atoms with van der Waals surface area (Å²) in [6.45, 7) is 3.67. The first kappa shape index (κ1) is 9.86. The molecule has 0 spiro atoms. The normalized spacial score (nSPS) is 9.38. The van der Waals surface area contributed by atoms with Crippen molar-refractivity contribution in [3.05, 3.63) is 36.4 Å². The van der Waals surface area contributed by atoms with E-state index in [1.807, 2.05) is 24.3 Å². The fourth-order valence-electron chi connectivity index (χ4n) is 1.09. The molecule has 0 unspecified atom stereocenters. The van der Waals surface area contributed by atoms with Gasteiger partial charge in [0, 0.05) is 0 Å². The summed E-state index contributed by atoms with van der Waals surface area (Å²) in [4.78, 5) is 0. The maximum atomic E-state index is 5.13. The second-order valence-corrected chi connectivity index (χ2v) is 2.78. The highest BCUT2D eigenvalue weighted by atomic mass is 28.2. The highest BCUT2D eigenvalue weighted by molar-refractivity contribution is 6.00. The molecule has 0 aliphatic rings. The number of allylic oxidation sites excluding steroid dienone is 1. The lowest BCUT2D eigenvalue weighted by atomic mass is 10.1. The van der Waals surface area contributed by atoms with Gasteiger partial charge in [0.25, 0.3) is 0 Å². The quantitative estimate of drug-likeness (QED) is 0.534. The van der Waals surface area contributed by atoms with Crippen LogP contribution >= 0.6 is 0 Å². The number of ether oxygens (including phenoxy) is 1. The van der Waals surface area contributed by atoms with Crippen molar-refractivity contribution in [3.8, 4) is 11.5 Å². The SMILES string of the molecule is C=CCc1ccc(O[Si])c(OC)c1. The summed E-state index contributed by atoms with van der Waals surface area (Å²) in [5, 5.41) is 0. The van der Waals surface area contributed by atoms with Crippen LogP contribution in [0.4, 0.5) is 0 Å². The molecule has 3 radical (unpaired) electrons. The van der Waals surface area contributed by atoms with Gasteiger partial charge in [-0.3, -0.25) is 0 Å². The molecule has 1 rings (SSSR count). The highest BCUT2D eigenvalue weighted by Gasteiger charge is 2.02. The van der Waals surface area contributed by atoms with Crippen LogP contribution in [0, 0.1) is 0 Å². The molecule has 0 atom stereocenters. The Morgan fingerprint density at radius 3 is 2.77 bits per heavy atom. The Balaban J connectivity index is 2.98. The molecule has 0 bridgehead atoms. The summed E-state index contributed by atoms with van der Waals surface area (Å²) in [5.41, 5.74) is 1.15. The fraction of sp³-hybridized carbons (Fsp3) is 0.200. The molecule has 0 aliphatic carbocycles. The van der Waals surface area contributed by atoms with Gasteiger partial charge in [0.05, 0.1) is 7.11 Å². The lowest BCUT2D eigenvalue weighted by Crippen LogP contribution is -1.92. The number of methoxy groups -OCH3 is 1. The van der Waals surface area contributed by atoms with Crippen molar-refractivity contribution < 1.29 is 9.16 Å². The van der Waals surface area contributed by atoms with Crippen molar-refractivity contribution in [1.29, 1.82) is 0 Å². The standard InChI is InChI=1S/C10H11O2Si/c1-3-4-8-5-6-9(12-13)10(7-8)11-2/h3,5-7H,1,4H2,2H3. The predicted octanol–water partition coefficient (Wildman–Crippen LogP) is 1.89. The van der Waals surface area contributed by atoms with Gasteiger partial charge in [-0.25, -0.2) is 0 Å². The van der Waals surface area contributed by atoms with Gasteiger partial charge in [0.2, 0.25) is 0 Å². The van der Waals surface area contributed by atoms with Crippen molar-refractivity contribution in [2.45, 2.75) is 6.42 Å². The Bertz CT molecular complexity index is 297. The van der Waals surface area contributed by atoms with Gasteiger partial charge in [-0.2, -0.15) is 0 Å². The van der Waals surface area contributed by atoms with Gasteiger partial charge < -0.3 is 9.16 Å². The molecule has 1 aromatic rings. The zero-order valence-electron chi connectivity index (χ0n) is 7.54. The van der Waals surface area contributed by atoms with Crippen LogP contribution in [0.3, 0.4) is 0 Å². The summed E-state index contributed by atoms with van der Waals surface area (Å²) in [7, 11) is 4.57. The van der Waals surface area contributed by atoms with E-state index in [0.717, 1.165) is 12.0 Å². The van der Waals surface area contributed by atoms with Crippen molar-refractivity contribution >= 4 is 10.5 Å². The van der Waals surface area contributed by atoms with Crippen LogP contribution in [0.25, 0.3) is 0 Å². The van der Waals surface area contributed by atoms with Gasteiger partial charge in [-0.05, 0) is 24.1 Å². The van der Waals surface area contributed by atoms with Crippen LogP contribution in [0.15, 0.2) is 30.9 Å². The van der Waals surface area contributed by atoms with E-state index in [-0.39, 0.29) is 0 Å². The van der Waals surface area contributed by atoms with Crippen molar-refractivity contribution in [3.63, 3.8) is 0 Å². The molecule has 2 nitrogen and oxygen atoms in total. The van der Waals surface area contributed by atoms with E-state index in [1.54, 1.807) is 7.11 Å². The summed E-state index contributed by atoms with van der Waals surface area (Å²) in [5.74, 6) is 1.39. The first-order valence-corrected chi connectivity index (χ1v) is 4.34. The lowest BCUT2D eigenvalue weighted by Gasteiger charge is -2.08. The Hall–Kier alpha value is -1.22. The van der Waals surface area contributed by atoms with E-state index < -0.39 is 0 Å². The third kappa shape index (κ3) is 2.35. The van der Waals surface area contributed by atoms with Crippen LogP contribution in [-0.2, 0) is 6.42 Å². The molecule has 13 heavy (non-hydrogen) atoms. The third-order valence-electron chi connectivity index (χ3n) is 1.72. The molecule has 0 N–H and O–H groups in total. The molecular formula is C10H11O2Si. The third-order valence-corrected chi connectivity index (χ3v) is 1.94. The van der Waals surface area contributed by atoms with Crippen LogP contribution in [-0.4, -0.2) is 17.6 Å². The van der Waals surface area contributed by atoms with E-state index in [4.69, 9.17) is 9.16 Å². The van der Waals surface area contributed by atoms with Gasteiger partial charge in [-0.1, -0.05) is 12.1 Å². The van der Waals surface area contributed by atoms with Gasteiger partial charge >= 0.3 is 10.5 Å². The molecule has 0 fully saturated rings. The van der Waals surface area contributed by atoms with Crippen LogP contribution in [0.1, 0.15) is 5.56 Å². The number of hydrogen-bond acceptors (Lipinski definition) is 2. The number of rotatable bonds is 4. The summed E-state index contributed by atoms with van der Waals surface area (Å²) in [6.07, 6.45) is 2.68. The maximum Gasteiger partial charge on any atom is 0.341 e. The Kier molecular flexibility index (Phi) is 3.58. The van der Waals surface area contributed by atoms with Gasteiger partial charge in [0.1, 0.15) is 5.75 Å². The highest BCUT2D eigenvalue weighted by Crippen LogP contribution is 2.27. The topological polar surface area (TPSA) is 18.5 Å². The van der Waals surface area contributed by atoms with E-state index in [2.05, 4.69) is 17.1 Å².